The molecule has 0 radical (unpaired) electrons. The lowest BCUT2D eigenvalue weighted by atomic mass is 10.1. The minimum Gasteiger partial charge on any atom is -0.465 e. The number of carbonyl (C=O) groups excluding carboxylic acids is 2. The Bertz CT molecular complexity index is 1150. The van der Waals surface area contributed by atoms with E-state index in [-0.39, 0.29) is 28.3 Å². The largest absolute Gasteiger partial charge is 0.465 e. The number of nitrogens with zero attached hydrogens (tertiary/aromatic N) is 2. The molecule has 0 unspecified atom stereocenters. The molecule has 0 atom stereocenters. The number of nitrogens with one attached hydrogen (secondary N) is 2. The summed E-state index contributed by atoms with van der Waals surface area (Å²) in [7, 11) is 1.19. The van der Waals surface area contributed by atoms with Crippen molar-refractivity contribution in [2.45, 2.75) is 13.2 Å². The van der Waals surface area contributed by atoms with Crippen molar-refractivity contribution in [2.24, 2.45) is 0 Å². The number of methoxy groups -OCH3 is 1. The minimum absolute atomic E-state index is 0.0812. The van der Waals surface area contributed by atoms with Gasteiger partial charge < -0.3 is 24.8 Å². The van der Waals surface area contributed by atoms with Crippen molar-refractivity contribution in [1.82, 2.24) is 9.97 Å². The maximum atomic E-state index is 12.7. The Morgan fingerprint density at radius 3 is 1.94 bits per heavy atom. The summed E-state index contributed by atoms with van der Waals surface area (Å²) >= 11 is 0. The van der Waals surface area contributed by atoms with Crippen molar-refractivity contribution < 1.29 is 41.4 Å². The number of urea groups is 1. The smallest absolute Gasteiger partial charge is 0.388 e. The predicted molar refractivity (Wildman–Crippen MR) is 111 cm³/mol. The monoisotopic (exact) mass is 480 g/mol. The summed E-state index contributed by atoms with van der Waals surface area (Å²) in [6.45, 7) is -6.56. The lowest BCUT2D eigenvalue weighted by molar-refractivity contribution is -0.0580. The van der Waals surface area contributed by atoms with Gasteiger partial charge in [0.2, 0.25) is 11.8 Å². The molecule has 3 aromatic rings. The third-order valence-electron chi connectivity index (χ3n) is 4.10. The number of aromatic nitrogens is 2. The molecule has 0 saturated heterocycles. The molecule has 34 heavy (non-hydrogen) atoms. The van der Waals surface area contributed by atoms with Crippen LogP contribution in [0.15, 0.2) is 54.6 Å². The minimum atomic E-state index is -3.28. The number of para-hydroxylation sites is 2. The van der Waals surface area contributed by atoms with Gasteiger partial charge in [0.05, 0.1) is 30.1 Å². The Hall–Kier alpha value is -4.42. The average molecular weight is 480 g/mol. The van der Waals surface area contributed by atoms with Crippen molar-refractivity contribution in [3.05, 3.63) is 60.2 Å². The van der Waals surface area contributed by atoms with E-state index in [1.807, 2.05) is 0 Å². The van der Waals surface area contributed by atoms with Gasteiger partial charge in [0.25, 0.3) is 0 Å². The second-order valence-electron chi connectivity index (χ2n) is 6.29. The van der Waals surface area contributed by atoms with Crippen molar-refractivity contribution in [3.8, 4) is 23.1 Å². The van der Waals surface area contributed by atoms with Crippen LogP contribution in [0.4, 0.5) is 33.7 Å². The average Bonchev–Trinajstić information content (AvgIpc) is 2.78. The summed E-state index contributed by atoms with van der Waals surface area (Å²) in [5.41, 5.74) is 0.424. The zero-order chi connectivity index (χ0) is 24.7. The molecule has 178 valence electrons. The first-order valence-electron chi connectivity index (χ1n) is 9.40. The molecule has 0 aliphatic heterocycles. The van der Waals surface area contributed by atoms with Crippen LogP contribution in [0.5, 0.6) is 11.8 Å². The van der Waals surface area contributed by atoms with Crippen LogP contribution in [0, 0.1) is 0 Å². The van der Waals surface area contributed by atoms with Crippen molar-refractivity contribution in [1.29, 1.82) is 0 Å². The molecule has 0 aliphatic rings. The Kier molecular flexibility index (Phi) is 7.79. The summed E-state index contributed by atoms with van der Waals surface area (Å²) in [5, 5.41) is 4.99. The van der Waals surface area contributed by atoms with Crippen LogP contribution < -0.4 is 20.1 Å². The first-order valence-corrected chi connectivity index (χ1v) is 9.40. The highest BCUT2D eigenvalue weighted by molar-refractivity contribution is 6.06. The molecule has 1 heterocycles. The molecule has 2 N–H and O–H groups in total. The molecule has 0 fully saturated rings. The van der Waals surface area contributed by atoms with E-state index < -0.39 is 37.0 Å². The van der Waals surface area contributed by atoms with Gasteiger partial charge in [-0.25, -0.2) is 9.59 Å². The molecule has 3 rings (SSSR count). The van der Waals surface area contributed by atoms with Gasteiger partial charge in [-0.15, -0.1) is 0 Å². The zero-order valence-electron chi connectivity index (χ0n) is 17.3. The van der Waals surface area contributed by atoms with E-state index in [1.54, 1.807) is 12.1 Å². The van der Waals surface area contributed by atoms with Gasteiger partial charge >= 0.3 is 25.2 Å². The number of ether oxygens (including phenoxy) is 3. The van der Waals surface area contributed by atoms with Crippen LogP contribution in [-0.2, 0) is 4.74 Å². The Morgan fingerprint density at radius 2 is 1.35 bits per heavy atom. The number of hydrogen-bond donors (Lipinski definition) is 2. The standard InChI is InChI=1S/C21H16F4N4O5/c1-32-18(30)12-7-3-5-9-14(12)27-21(31)26-13-8-4-2-6-11(13)17-28-15(33-19(22)23)10-16(29-17)34-20(24)25/h2-10,19-20H,1H3,(H2,26,27,31). The van der Waals surface area contributed by atoms with Gasteiger partial charge in [-0.1, -0.05) is 24.3 Å². The Balaban J connectivity index is 1.91. The number of alkyl halides is 4. The van der Waals surface area contributed by atoms with Gasteiger partial charge in [0.15, 0.2) is 5.82 Å². The number of rotatable bonds is 8. The molecule has 9 nitrogen and oxygen atoms in total. The lowest BCUT2D eigenvalue weighted by Gasteiger charge is -2.14. The van der Waals surface area contributed by atoms with E-state index in [0.717, 1.165) is 0 Å². The number of carbonyl (C=O) groups is 2. The predicted octanol–water partition coefficient (Wildman–Crippen LogP) is 4.78. The molecule has 0 aliphatic carbocycles. The van der Waals surface area contributed by atoms with E-state index in [2.05, 4.69) is 34.8 Å². The number of halogens is 4. The van der Waals surface area contributed by atoms with Crippen LogP contribution in [0.25, 0.3) is 11.4 Å². The number of benzene rings is 2. The molecular formula is C21H16F4N4O5. The third kappa shape index (κ3) is 6.31. The Labute approximate surface area is 189 Å². The quantitative estimate of drug-likeness (QED) is 0.353. The van der Waals surface area contributed by atoms with Gasteiger partial charge in [0, 0.05) is 5.56 Å². The van der Waals surface area contributed by atoms with Gasteiger partial charge in [-0.05, 0) is 24.3 Å². The molecule has 0 bridgehead atoms. The summed E-state index contributed by atoms with van der Waals surface area (Å²) in [6.07, 6.45) is 0. The van der Waals surface area contributed by atoms with Crippen LogP contribution in [0.1, 0.15) is 10.4 Å². The van der Waals surface area contributed by atoms with E-state index >= 15 is 0 Å². The fourth-order valence-corrected chi connectivity index (χ4v) is 2.77. The number of esters is 1. The second-order valence-corrected chi connectivity index (χ2v) is 6.29. The fraction of sp³-hybridized carbons (Fsp3) is 0.143. The summed E-state index contributed by atoms with van der Waals surface area (Å²) in [6, 6.07) is 11.9. The fourth-order valence-electron chi connectivity index (χ4n) is 2.77. The molecule has 13 heteroatoms. The normalized spacial score (nSPS) is 10.7. The third-order valence-corrected chi connectivity index (χ3v) is 4.10. The van der Waals surface area contributed by atoms with Crippen LogP contribution >= 0.6 is 0 Å². The van der Waals surface area contributed by atoms with Crippen LogP contribution in [0.2, 0.25) is 0 Å². The van der Waals surface area contributed by atoms with E-state index in [9.17, 15) is 27.2 Å². The molecule has 2 amide bonds. The Morgan fingerprint density at radius 1 is 0.824 bits per heavy atom. The zero-order valence-corrected chi connectivity index (χ0v) is 17.3. The van der Waals surface area contributed by atoms with E-state index in [4.69, 9.17) is 0 Å². The molecule has 1 aromatic heterocycles. The summed E-state index contributed by atoms with van der Waals surface area (Å²) in [5.74, 6) is -2.45. The SMILES string of the molecule is COC(=O)c1ccccc1NC(=O)Nc1ccccc1-c1nc(OC(F)F)cc(OC(F)F)n1. The number of amides is 2. The molecule has 0 spiro atoms. The first kappa shape index (κ1) is 24.2. The van der Waals surface area contributed by atoms with Crippen molar-refractivity contribution in [2.75, 3.05) is 17.7 Å². The summed E-state index contributed by atoms with van der Waals surface area (Å²) in [4.78, 5) is 32.0. The number of hydrogen-bond acceptors (Lipinski definition) is 7. The molecular weight excluding hydrogens is 464 g/mol. The maximum Gasteiger partial charge on any atom is 0.388 e. The van der Waals surface area contributed by atoms with Crippen molar-refractivity contribution in [3.63, 3.8) is 0 Å². The molecule has 2 aromatic carbocycles. The first-order chi connectivity index (χ1) is 16.3. The van der Waals surface area contributed by atoms with E-state index in [1.165, 1.54) is 43.5 Å². The number of anilines is 2. The van der Waals surface area contributed by atoms with Crippen LogP contribution in [-0.4, -0.2) is 42.3 Å². The van der Waals surface area contributed by atoms with Crippen LogP contribution in [0.3, 0.4) is 0 Å². The maximum absolute atomic E-state index is 12.7. The summed E-state index contributed by atoms with van der Waals surface area (Å²) < 4.78 is 63.7. The highest BCUT2D eigenvalue weighted by Crippen LogP contribution is 2.30. The molecule has 0 saturated carbocycles. The highest BCUT2D eigenvalue weighted by Gasteiger charge is 2.18. The van der Waals surface area contributed by atoms with Gasteiger partial charge in [-0.2, -0.15) is 27.5 Å². The van der Waals surface area contributed by atoms with Crippen molar-refractivity contribution >= 4 is 23.4 Å². The van der Waals surface area contributed by atoms with E-state index in [0.29, 0.717) is 6.07 Å². The lowest BCUT2D eigenvalue weighted by Crippen LogP contribution is -2.21. The highest BCUT2D eigenvalue weighted by atomic mass is 19.3. The second kappa shape index (κ2) is 10.9. The topological polar surface area (TPSA) is 112 Å². The van der Waals surface area contributed by atoms with Gasteiger partial charge in [0.1, 0.15) is 0 Å². The van der Waals surface area contributed by atoms with Gasteiger partial charge in [-0.3, -0.25) is 0 Å².